The highest BCUT2D eigenvalue weighted by molar-refractivity contribution is 5.89. The molecule has 0 spiro atoms. The number of aliphatic hydroxyl groups is 2. The van der Waals surface area contributed by atoms with E-state index in [9.17, 15) is 15.0 Å². The Morgan fingerprint density at radius 1 is 1.30 bits per heavy atom. The molecule has 7 heteroatoms. The zero-order chi connectivity index (χ0) is 16.6. The van der Waals surface area contributed by atoms with Gasteiger partial charge in [-0.15, -0.1) is 0 Å². The summed E-state index contributed by atoms with van der Waals surface area (Å²) >= 11 is 0. The van der Waals surface area contributed by atoms with Crippen molar-refractivity contribution in [1.29, 1.82) is 0 Å². The molecule has 0 saturated carbocycles. The zero-order valence-corrected chi connectivity index (χ0v) is 12.9. The van der Waals surface area contributed by atoms with Crippen molar-refractivity contribution < 1.29 is 34.0 Å². The molecule has 0 radical (unpaired) electrons. The van der Waals surface area contributed by atoms with Crippen LogP contribution < -0.4 is 0 Å². The first-order chi connectivity index (χ1) is 10.9. The van der Waals surface area contributed by atoms with E-state index in [2.05, 4.69) is 0 Å². The molecule has 23 heavy (non-hydrogen) atoms. The van der Waals surface area contributed by atoms with E-state index in [1.807, 2.05) is 0 Å². The Hall–Kier alpha value is -1.51. The van der Waals surface area contributed by atoms with E-state index in [4.69, 9.17) is 18.9 Å². The summed E-state index contributed by atoms with van der Waals surface area (Å²) in [5.41, 5.74) is 0.387. The highest BCUT2D eigenvalue weighted by Crippen LogP contribution is 2.38. The number of ether oxygens (including phenoxy) is 4. The molecular formula is C16H20O7. The summed E-state index contributed by atoms with van der Waals surface area (Å²) in [6.45, 7) is 3.14. The minimum absolute atomic E-state index is 0.293. The van der Waals surface area contributed by atoms with Gasteiger partial charge in [-0.2, -0.15) is 0 Å². The Labute approximate surface area is 133 Å². The summed E-state index contributed by atoms with van der Waals surface area (Å²) in [4.78, 5) is 11.8. The number of fused-ring (bicyclic) bond motifs is 1. The van der Waals surface area contributed by atoms with E-state index in [1.54, 1.807) is 44.2 Å². The molecule has 2 N–H and O–H groups in total. The van der Waals surface area contributed by atoms with Crippen LogP contribution >= 0.6 is 0 Å². The van der Waals surface area contributed by atoms with Crippen LogP contribution in [-0.4, -0.2) is 59.3 Å². The number of hydrogen-bond acceptors (Lipinski definition) is 7. The summed E-state index contributed by atoms with van der Waals surface area (Å²) in [7, 11) is 0. The van der Waals surface area contributed by atoms with Gasteiger partial charge in [0, 0.05) is 0 Å². The van der Waals surface area contributed by atoms with E-state index in [0.717, 1.165) is 0 Å². The second kappa shape index (κ2) is 6.18. The Morgan fingerprint density at radius 2 is 2.00 bits per heavy atom. The van der Waals surface area contributed by atoms with E-state index >= 15 is 0 Å². The molecule has 2 fully saturated rings. The minimum Gasteiger partial charge on any atom is -0.459 e. The highest BCUT2D eigenvalue weighted by Gasteiger charge is 2.56. The average Bonchev–Trinajstić information content (AvgIpc) is 2.99. The summed E-state index contributed by atoms with van der Waals surface area (Å²) in [6.07, 6.45) is -4.60. The Balaban J connectivity index is 1.54. The quantitative estimate of drug-likeness (QED) is 0.776. The smallest absolute Gasteiger partial charge is 0.338 e. The topological polar surface area (TPSA) is 94.5 Å². The highest BCUT2D eigenvalue weighted by atomic mass is 16.8. The van der Waals surface area contributed by atoms with Crippen molar-refractivity contribution in [3.63, 3.8) is 0 Å². The SMILES string of the molecule is CC1(C)O[C@H]2O[C@H]([C@@H](O)COC(=O)c3ccccc3)[C@H](O)[C@H]2O1. The number of carbonyl (C=O) groups is 1. The molecule has 2 aliphatic rings. The first-order valence-electron chi connectivity index (χ1n) is 7.47. The molecule has 0 bridgehead atoms. The molecule has 0 unspecified atom stereocenters. The van der Waals surface area contributed by atoms with E-state index < -0.39 is 42.5 Å². The lowest BCUT2D eigenvalue weighted by Gasteiger charge is -2.25. The molecule has 2 aliphatic heterocycles. The number of aliphatic hydroxyl groups excluding tert-OH is 2. The first kappa shape index (κ1) is 16.4. The molecule has 0 aliphatic carbocycles. The fraction of sp³-hybridized carbons (Fsp3) is 0.562. The molecule has 126 valence electrons. The third-order valence-corrected chi connectivity index (χ3v) is 3.83. The third kappa shape index (κ3) is 3.39. The fourth-order valence-electron chi connectivity index (χ4n) is 2.75. The maximum absolute atomic E-state index is 11.8. The monoisotopic (exact) mass is 324 g/mol. The van der Waals surface area contributed by atoms with E-state index in [0.29, 0.717) is 5.56 Å². The predicted octanol–water partition coefficient (Wildman–Crippen LogP) is 0.442. The van der Waals surface area contributed by atoms with Crippen molar-refractivity contribution in [3.8, 4) is 0 Å². The van der Waals surface area contributed by atoms with Crippen molar-refractivity contribution in [3.05, 3.63) is 35.9 Å². The molecule has 2 heterocycles. The third-order valence-electron chi connectivity index (χ3n) is 3.83. The minimum atomic E-state index is -1.18. The van der Waals surface area contributed by atoms with Crippen LogP contribution in [0.4, 0.5) is 0 Å². The lowest BCUT2D eigenvalue weighted by Crippen LogP contribution is -2.43. The summed E-state index contributed by atoms with van der Waals surface area (Å²) in [6, 6.07) is 8.45. The number of hydrogen-bond donors (Lipinski definition) is 2. The Kier molecular flexibility index (Phi) is 4.39. The van der Waals surface area contributed by atoms with Crippen LogP contribution in [0.1, 0.15) is 24.2 Å². The van der Waals surface area contributed by atoms with Gasteiger partial charge in [-0.3, -0.25) is 0 Å². The Bertz CT molecular complexity index is 559. The molecule has 0 aromatic heterocycles. The zero-order valence-electron chi connectivity index (χ0n) is 12.9. The van der Waals surface area contributed by atoms with Gasteiger partial charge in [-0.25, -0.2) is 4.79 Å². The van der Waals surface area contributed by atoms with Gasteiger partial charge in [0.15, 0.2) is 12.1 Å². The van der Waals surface area contributed by atoms with Crippen LogP contribution in [-0.2, 0) is 18.9 Å². The summed E-state index contributed by atoms with van der Waals surface area (Å²) < 4.78 is 21.6. The van der Waals surface area contributed by atoms with Gasteiger partial charge in [0.2, 0.25) is 0 Å². The number of esters is 1. The normalized spacial score (nSPS) is 33.2. The summed E-state index contributed by atoms with van der Waals surface area (Å²) in [5, 5.41) is 20.3. The molecule has 7 nitrogen and oxygen atoms in total. The van der Waals surface area contributed by atoms with Crippen LogP contribution in [0.5, 0.6) is 0 Å². The van der Waals surface area contributed by atoms with Gasteiger partial charge in [0.25, 0.3) is 0 Å². The lowest BCUT2D eigenvalue weighted by molar-refractivity contribution is -0.227. The van der Waals surface area contributed by atoms with E-state index in [-0.39, 0.29) is 6.61 Å². The van der Waals surface area contributed by atoms with Crippen molar-refractivity contribution in [2.24, 2.45) is 0 Å². The van der Waals surface area contributed by atoms with Gasteiger partial charge in [0.1, 0.15) is 31.0 Å². The molecule has 2 saturated heterocycles. The van der Waals surface area contributed by atoms with Gasteiger partial charge in [-0.1, -0.05) is 18.2 Å². The molecule has 1 aromatic rings. The fourth-order valence-corrected chi connectivity index (χ4v) is 2.75. The van der Waals surface area contributed by atoms with Crippen LogP contribution in [0.3, 0.4) is 0 Å². The second-order valence-corrected chi connectivity index (χ2v) is 6.09. The van der Waals surface area contributed by atoms with Crippen molar-refractivity contribution >= 4 is 5.97 Å². The molecule has 5 atom stereocenters. The van der Waals surface area contributed by atoms with Crippen molar-refractivity contribution in [2.45, 2.75) is 50.3 Å². The predicted molar refractivity (Wildman–Crippen MR) is 77.4 cm³/mol. The Morgan fingerprint density at radius 3 is 2.65 bits per heavy atom. The second-order valence-electron chi connectivity index (χ2n) is 6.09. The van der Waals surface area contributed by atoms with Crippen molar-refractivity contribution in [1.82, 2.24) is 0 Å². The van der Waals surface area contributed by atoms with Crippen LogP contribution in [0.15, 0.2) is 30.3 Å². The largest absolute Gasteiger partial charge is 0.459 e. The molecule has 3 rings (SSSR count). The van der Waals surface area contributed by atoms with Gasteiger partial charge < -0.3 is 29.2 Å². The van der Waals surface area contributed by atoms with Crippen LogP contribution in [0.2, 0.25) is 0 Å². The van der Waals surface area contributed by atoms with Gasteiger partial charge >= 0.3 is 5.97 Å². The van der Waals surface area contributed by atoms with Crippen molar-refractivity contribution in [2.75, 3.05) is 6.61 Å². The number of carbonyl (C=O) groups excluding carboxylic acids is 1. The number of rotatable bonds is 4. The number of benzene rings is 1. The van der Waals surface area contributed by atoms with Gasteiger partial charge in [0.05, 0.1) is 5.56 Å². The first-order valence-corrected chi connectivity index (χ1v) is 7.47. The van der Waals surface area contributed by atoms with Gasteiger partial charge in [-0.05, 0) is 26.0 Å². The molecule has 1 aromatic carbocycles. The van der Waals surface area contributed by atoms with E-state index in [1.165, 1.54) is 0 Å². The maximum atomic E-state index is 11.8. The maximum Gasteiger partial charge on any atom is 0.338 e. The summed E-state index contributed by atoms with van der Waals surface area (Å²) in [5.74, 6) is -1.39. The average molecular weight is 324 g/mol. The molecular weight excluding hydrogens is 304 g/mol. The standard InChI is InChI=1S/C16H20O7/c1-16(2)22-13-11(18)12(21-15(13)23-16)10(17)8-20-14(19)9-6-4-3-5-7-9/h3-7,10-13,15,17-18H,8H2,1-2H3/t10-,11-,12+,13+,15+/m0/s1. The van der Waals surface area contributed by atoms with Crippen LogP contribution in [0.25, 0.3) is 0 Å². The lowest BCUT2D eigenvalue weighted by atomic mass is 10.1. The van der Waals surface area contributed by atoms with Crippen LogP contribution in [0, 0.1) is 0 Å². The molecule has 0 amide bonds.